The third-order valence-electron chi connectivity index (χ3n) is 4.00. The molecule has 0 radical (unpaired) electrons. The van der Waals surface area contributed by atoms with Crippen molar-refractivity contribution in [2.75, 3.05) is 19.5 Å². The highest BCUT2D eigenvalue weighted by Gasteiger charge is 2.38. The molecule has 0 spiro atoms. The van der Waals surface area contributed by atoms with Gasteiger partial charge in [0.2, 0.25) is 5.95 Å². The standard InChI is InChI=1S/C13H19N5O5/c1-17-11(21)8-10(16-13(17)14)15-5-18(8)12-9(20)7(19)3-6(23-12)4-22-2/h5-7,9,12,19-20H,3-4H2,1-2H3,(H2,14,16)/t6?,7?,9-,12?/m1/s1. The maximum absolute atomic E-state index is 12.4. The highest BCUT2D eigenvalue weighted by Crippen LogP contribution is 2.29. The second-order valence-electron chi connectivity index (χ2n) is 5.56. The van der Waals surface area contributed by atoms with E-state index in [4.69, 9.17) is 15.2 Å². The van der Waals surface area contributed by atoms with Gasteiger partial charge in [-0.3, -0.25) is 13.9 Å². The van der Waals surface area contributed by atoms with E-state index in [1.807, 2.05) is 0 Å². The predicted octanol–water partition coefficient (Wildman–Crippen LogP) is -1.63. The van der Waals surface area contributed by atoms with E-state index < -0.39 is 30.1 Å². The number of rotatable bonds is 3. The average Bonchev–Trinajstić information content (AvgIpc) is 2.92. The Hall–Kier alpha value is -2.01. The van der Waals surface area contributed by atoms with E-state index in [0.717, 1.165) is 0 Å². The highest BCUT2D eigenvalue weighted by molar-refractivity contribution is 5.71. The molecule has 2 aromatic heterocycles. The highest BCUT2D eigenvalue weighted by atomic mass is 16.6. The molecule has 0 aromatic carbocycles. The lowest BCUT2D eigenvalue weighted by molar-refractivity contribution is -0.206. The van der Waals surface area contributed by atoms with Crippen molar-refractivity contribution >= 4 is 17.1 Å². The van der Waals surface area contributed by atoms with E-state index in [9.17, 15) is 15.0 Å². The molecule has 1 aliphatic rings. The second-order valence-corrected chi connectivity index (χ2v) is 5.56. The van der Waals surface area contributed by atoms with Gasteiger partial charge in [-0.15, -0.1) is 0 Å². The summed E-state index contributed by atoms with van der Waals surface area (Å²) in [4.78, 5) is 20.5. The number of aliphatic hydroxyl groups is 2. The number of fused-ring (bicyclic) bond motifs is 1. The largest absolute Gasteiger partial charge is 0.390 e. The van der Waals surface area contributed by atoms with Gasteiger partial charge >= 0.3 is 0 Å². The number of hydrogen-bond acceptors (Lipinski definition) is 8. The summed E-state index contributed by atoms with van der Waals surface area (Å²) < 4.78 is 13.4. The Bertz CT molecular complexity index is 772. The van der Waals surface area contributed by atoms with Crippen LogP contribution in [0.15, 0.2) is 11.1 Å². The van der Waals surface area contributed by atoms with Gasteiger partial charge in [0, 0.05) is 20.6 Å². The Kier molecular flexibility index (Phi) is 4.06. The van der Waals surface area contributed by atoms with E-state index in [0.29, 0.717) is 0 Å². The van der Waals surface area contributed by atoms with Crippen LogP contribution in [0, 0.1) is 0 Å². The van der Waals surface area contributed by atoms with Crippen LogP contribution in [0.2, 0.25) is 0 Å². The minimum absolute atomic E-state index is 0.0372. The summed E-state index contributed by atoms with van der Waals surface area (Å²) >= 11 is 0. The van der Waals surface area contributed by atoms with Crippen LogP contribution in [0.25, 0.3) is 11.2 Å². The molecule has 2 aromatic rings. The lowest BCUT2D eigenvalue weighted by atomic mass is 10.0. The molecular weight excluding hydrogens is 306 g/mol. The third-order valence-corrected chi connectivity index (χ3v) is 4.00. The molecule has 3 heterocycles. The predicted molar refractivity (Wildman–Crippen MR) is 79.6 cm³/mol. The molecule has 0 aliphatic carbocycles. The SMILES string of the molecule is COCC1CC(O)[C@@H](O)C(n2cnc3nc(N)n(C)c(=O)c32)O1. The molecular formula is C13H19N5O5. The molecule has 1 saturated heterocycles. The van der Waals surface area contributed by atoms with Crippen molar-refractivity contribution in [1.29, 1.82) is 0 Å². The Morgan fingerprint density at radius 2 is 2.26 bits per heavy atom. The average molecular weight is 325 g/mol. The van der Waals surface area contributed by atoms with E-state index in [1.165, 1.54) is 29.6 Å². The normalized spacial score (nSPS) is 28.3. The fourth-order valence-corrected chi connectivity index (χ4v) is 2.73. The molecule has 0 bridgehead atoms. The summed E-state index contributed by atoms with van der Waals surface area (Å²) in [5.74, 6) is 0.0372. The number of nitrogens with two attached hydrogens (primary N) is 1. The zero-order valence-corrected chi connectivity index (χ0v) is 12.8. The molecule has 23 heavy (non-hydrogen) atoms. The maximum Gasteiger partial charge on any atom is 0.281 e. The van der Waals surface area contributed by atoms with Gasteiger partial charge in [0.05, 0.1) is 18.8 Å². The van der Waals surface area contributed by atoms with Gasteiger partial charge in [-0.05, 0) is 0 Å². The first-order valence-corrected chi connectivity index (χ1v) is 7.13. The van der Waals surface area contributed by atoms with Crippen molar-refractivity contribution in [2.45, 2.75) is 31.0 Å². The molecule has 126 valence electrons. The minimum Gasteiger partial charge on any atom is -0.390 e. The van der Waals surface area contributed by atoms with Crippen LogP contribution >= 0.6 is 0 Å². The van der Waals surface area contributed by atoms with Crippen molar-refractivity contribution in [2.24, 2.45) is 7.05 Å². The van der Waals surface area contributed by atoms with E-state index in [-0.39, 0.29) is 30.1 Å². The molecule has 0 saturated carbocycles. The smallest absolute Gasteiger partial charge is 0.281 e. The Labute approximate surface area is 131 Å². The summed E-state index contributed by atoms with van der Waals surface area (Å²) in [6.07, 6.45) is -2.01. The van der Waals surface area contributed by atoms with Gasteiger partial charge in [0.15, 0.2) is 17.4 Å². The van der Waals surface area contributed by atoms with Crippen molar-refractivity contribution < 1.29 is 19.7 Å². The lowest BCUT2D eigenvalue weighted by Crippen LogP contribution is -2.47. The number of aromatic nitrogens is 4. The number of methoxy groups -OCH3 is 1. The number of nitrogens with zero attached hydrogens (tertiary/aromatic N) is 4. The second kappa shape index (κ2) is 5.89. The van der Waals surface area contributed by atoms with Crippen LogP contribution < -0.4 is 11.3 Å². The lowest BCUT2D eigenvalue weighted by Gasteiger charge is -2.37. The number of ether oxygens (including phenoxy) is 2. The van der Waals surface area contributed by atoms with Gasteiger partial charge in [0.1, 0.15) is 12.4 Å². The summed E-state index contributed by atoms with van der Waals surface area (Å²) in [6, 6.07) is 0. The van der Waals surface area contributed by atoms with Crippen molar-refractivity contribution in [3.63, 3.8) is 0 Å². The Balaban J connectivity index is 2.08. The first kappa shape index (κ1) is 15.9. The first-order valence-electron chi connectivity index (χ1n) is 7.13. The topological polar surface area (TPSA) is 138 Å². The zero-order valence-electron chi connectivity index (χ0n) is 12.8. The van der Waals surface area contributed by atoms with Crippen LogP contribution in [0.1, 0.15) is 12.6 Å². The quantitative estimate of drug-likeness (QED) is 0.611. The molecule has 10 heteroatoms. The number of nitrogen functional groups attached to an aromatic ring is 1. The van der Waals surface area contributed by atoms with Crippen LogP contribution in [-0.2, 0) is 16.5 Å². The van der Waals surface area contributed by atoms with Crippen molar-refractivity contribution in [1.82, 2.24) is 19.1 Å². The summed E-state index contributed by atoms with van der Waals surface area (Å²) in [5.41, 5.74) is 5.54. The van der Waals surface area contributed by atoms with E-state index in [1.54, 1.807) is 0 Å². The van der Waals surface area contributed by atoms with Gasteiger partial charge in [-0.25, -0.2) is 4.98 Å². The van der Waals surface area contributed by atoms with Crippen LogP contribution in [0.4, 0.5) is 5.95 Å². The Morgan fingerprint density at radius 1 is 1.52 bits per heavy atom. The molecule has 1 aliphatic heterocycles. The summed E-state index contributed by atoms with van der Waals surface area (Å²) in [5, 5.41) is 20.3. The monoisotopic (exact) mass is 325 g/mol. The fraction of sp³-hybridized carbons (Fsp3) is 0.615. The summed E-state index contributed by atoms with van der Waals surface area (Å²) in [6.45, 7) is 0.260. The van der Waals surface area contributed by atoms with Gasteiger partial charge in [0.25, 0.3) is 5.56 Å². The first-order chi connectivity index (χ1) is 10.9. The minimum atomic E-state index is -1.21. The van der Waals surface area contributed by atoms with Crippen LogP contribution in [0.5, 0.6) is 0 Å². The molecule has 1 fully saturated rings. The maximum atomic E-state index is 12.4. The zero-order chi connectivity index (χ0) is 16.7. The molecule has 4 atom stereocenters. The van der Waals surface area contributed by atoms with Gasteiger partial charge in [-0.2, -0.15) is 4.98 Å². The number of aliphatic hydroxyl groups excluding tert-OH is 2. The molecule has 3 unspecified atom stereocenters. The van der Waals surface area contributed by atoms with Gasteiger partial charge < -0.3 is 25.4 Å². The van der Waals surface area contributed by atoms with Crippen molar-refractivity contribution in [3.05, 3.63) is 16.7 Å². The van der Waals surface area contributed by atoms with E-state index in [2.05, 4.69) is 9.97 Å². The van der Waals surface area contributed by atoms with Crippen molar-refractivity contribution in [3.8, 4) is 0 Å². The number of hydrogen-bond donors (Lipinski definition) is 3. The number of anilines is 1. The third kappa shape index (κ3) is 2.59. The molecule has 0 amide bonds. The molecule has 10 nitrogen and oxygen atoms in total. The molecule has 4 N–H and O–H groups in total. The van der Waals surface area contributed by atoms with E-state index >= 15 is 0 Å². The molecule has 3 rings (SSSR count). The van der Waals surface area contributed by atoms with Crippen LogP contribution in [0.3, 0.4) is 0 Å². The van der Waals surface area contributed by atoms with Gasteiger partial charge in [-0.1, -0.05) is 0 Å². The Morgan fingerprint density at radius 3 is 2.96 bits per heavy atom. The fourth-order valence-electron chi connectivity index (χ4n) is 2.73. The number of imidazole rings is 1. The van der Waals surface area contributed by atoms with Crippen LogP contribution in [-0.4, -0.2) is 61.3 Å². The summed E-state index contributed by atoms with van der Waals surface area (Å²) in [7, 11) is 3.01.